The van der Waals surface area contributed by atoms with Gasteiger partial charge in [-0.3, -0.25) is 0 Å². The molecule has 1 unspecified atom stereocenters. The van der Waals surface area contributed by atoms with Crippen LogP contribution in [0.4, 0.5) is 0 Å². The molecule has 0 aliphatic heterocycles. The molecule has 0 heterocycles. The number of allylic oxidation sites excluding steroid dienone is 1. The second-order valence-electron chi connectivity index (χ2n) is 4.06. The smallest absolute Gasteiger partial charge is 0.172 e. The first-order chi connectivity index (χ1) is 8.29. The topological polar surface area (TPSA) is 30.5 Å². The first-order valence-corrected chi connectivity index (χ1v) is 6.87. The third-order valence-electron chi connectivity index (χ3n) is 2.57. The maximum atomic E-state index is 5.66. The van der Waals surface area contributed by atoms with Crippen molar-refractivity contribution in [2.75, 3.05) is 19.8 Å². The average Bonchev–Trinajstić information content (AvgIpc) is 2.33. The second kappa shape index (κ2) is 12.1. The van der Waals surface area contributed by atoms with Crippen LogP contribution >= 0.6 is 0 Å². The van der Waals surface area contributed by atoms with Crippen LogP contribution < -0.4 is 5.32 Å². The summed E-state index contributed by atoms with van der Waals surface area (Å²) in [5.74, 6) is 0. The zero-order chi connectivity index (χ0) is 12.9. The fourth-order valence-electron chi connectivity index (χ4n) is 1.76. The minimum absolute atomic E-state index is 0.124. The van der Waals surface area contributed by atoms with Gasteiger partial charge in [0.15, 0.2) is 6.29 Å². The fourth-order valence-corrected chi connectivity index (χ4v) is 1.76. The van der Waals surface area contributed by atoms with Crippen LogP contribution in [0.2, 0.25) is 0 Å². The zero-order valence-electron chi connectivity index (χ0n) is 11.7. The standard InChI is InChI=1S/C14H29NO2/c1-5-9-10-11-13(15-12-6-2)14(16-7-3)17-8-4/h5,13-15H,1,6-12H2,2-4H3. The molecule has 17 heavy (non-hydrogen) atoms. The summed E-state index contributed by atoms with van der Waals surface area (Å²) in [5.41, 5.74) is 0. The lowest BCUT2D eigenvalue weighted by molar-refractivity contribution is -0.155. The molecule has 0 aromatic rings. The third-order valence-corrected chi connectivity index (χ3v) is 2.57. The number of hydrogen-bond acceptors (Lipinski definition) is 3. The highest BCUT2D eigenvalue weighted by Crippen LogP contribution is 2.10. The van der Waals surface area contributed by atoms with Gasteiger partial charge >= 0.3 is 0 Å². The van der Waals surface area contributed by atoms with Crippen LogP contribution in [-0.2, 0) is 9.47 Å². The summed E-state index contributed by atoms with van der Waals surface area (Å²) < 4.78 is 11.3. The van der Waals surface area contributed by atoms with Crippen molar-refractivity contribution in [2.45, 2.75) is 58.8 Å². The number of unbranched alkanes of at least 4 members (excludes halogenated alkanes) is 1. The van der Waals surface area contributed by atoms with Crippen molar-refractivity contribution in [2.24, 2.45) is 0 Å². The van der Waals surface area contributed by atoms with Crippen molar-refractivity contribution in [3.8, 4) is 0 Å². The molecule has 3 nitrogen and oxygen atoms in total. The van der Waals surface area contributed by atoms with E-state index in [9.17, 15) is 0 Å². The monoisotopic (exact) mass is 243 g/mol. The molecule has 0 aliphatic carbocycles. The molecule has 0 aromatic heterocycles. The van der Waals surface area contributed by atoms with E-state index in [0.29, 0.717) is 13.2 Å². The van der Waals surface area contributed by atoms with Gasteiger partial charge in [-0.05, 0) is 46.1 Å². The minimum atomic E-state index is -0.124. The van der Waals surface area contributed by atoms with E-state index < -0.39 is 0 Å². The van der Waals surface area contributed by atoms with Gasteiger partial charge in [-0.15, -0.1) is 6.58 Å². The quantitative estimate of drug-likeness (QED) is 0.324. The molecule has 0 bridgehead atoms. The number of rotatable bonds is 12. The molecule has 1 atom stereocenters. The van der Waals surface area contributed by atoms with E-state index in [4.69, 9.17) is 9.47 Å². The predicted molar refractivity (Wildman–Crippen MR) is 73.2 cm³/mol. The van der Waals surface area contributed by atoms with E-state index in [-0.39, 0.29) is 12.3 Å². The summed E-state index contributed by atoms with van der Waals surface area (Å²) in [5, 5.41) is 3.51. The highest BCUT2D eigenvalue weighted by atomic mass is 16.7. The Morgan fingerprint density at radius 2 is 1.82 bits per heavy atom. The van der Waals surface area contributed by atoms with Crippen LogP contribution in [0, 0.1) is 0 Å². The third kappa shape index (κ3) is 8.36. The Bertz CT molecular complexity index is 168. The molecule has 0 amide bonds. The van der Waals surface area contributed by atoms with Crippen molar-refractivity contribution < 1.29 is 9.47 Å². The summed E-state index contributed by atoms with van der Waals surface area (Å²) in [6.45, 7) is 12.3. The maximum absolute atomic E-state index is 5.66. The molecule has 0 aromatic carbocycles. The van der Waals surface area contributed by atoms with Gasteiger partial charge in [-0.1, -0.05) is 13.0 Å². The Morgan fingerprint density at radius 3 is 2.29 bits per heavy atom. The van der Waals surface area contributed by atoms with Crippen molar-refractivity contribution in [3.63, 3.8) is 0 Å². The van der Waals surface area contributed by atoms with E-state index >= 15 is 0 Å². The van der Waals surface area contributed by atoms with Crippen molar-refractivity contribution in [1.29, 1.82) is 0 Å². The normalized spacial score (nSPS) is 12.9. The Kier molecular flexibility index (Phi) is 11.8. The van der Waals surface area contributed by atoms with Gasteiger partial charge in [-0.25, -0.2) is 0 Å². The molecule has 102 valence electrons. The molecular formula is C14H29NO2. The Labute approximate surface area is 107 Å². The Morgan fingerprint density at radius 1 is 1.18 bits per heavy atom. The fraction of sp³-hybridized carbons (Fsp3) is 0.857. The summed E-state index contributed by atoms with van der Waals surface area (Å²) in [6.07, 6.45) is 6.21. The van der Waals surface area contributed by atoms with E-state index in [2.05, 4.69) is 18.8 Å². The van der Waals surface area contributed by atoms with Crippen molar-refractivity contribution >= 4 is 0 Å². The van der Waals surface area contributed by atoms with Gasteiger partial charge < -0.3 is 14.8 Å². The molecule has 0 rings (SSSR count). The van der Waals surface area contributed by atoms with Crippen LogP contribution in [0.15, 0.2) is 12.7 Å². The lowest BCUT2D eigenvalue weighted by Gasteiger charge is -2.27. The van der Waals surface area contributed by atoms with Crippen LogP contribution in [0.1, 0.15) is 46.5 Å². The van der Waals surface area contributed by atoms with E-state index in [1.807, 2.05) is 19.9 Å². The van der Waals surface area contributed by atoms with E-state index in [1.165, 1.54) is 0 Å². The molecule has 0 radical (unpaired) electrons. The lowest BCUT2D eigenvalue weighted by atomic mass is 10.1. The van der Waals surface area contributed by atoms with Crippen LogP contribution in [0.3, 0.4) is 0 Å². The molecular weight excluding hydrogens is 214 g/mol. The van der Waals surface area contributed by atoms with E-state index in [0.717, 1.165) is 32.2 Å². The molecule has 0 spiro atoms. The number of ether oxygens (including phenoxy) is 2. The zero-order valence-corrected chi connectivity index (χ0v) is 11.7. The lowest BCUT2D eigenvalue weighted by Crippen LogP contribution is -2.43. The second-order valence-corrected chi connectivity index (χ2v) is 4.06. The summed E-state index contributed by atoms with van der Waals surface area (Å²) in [4.78, 5) is 0. The molecule has 3 heteroatoms. The van der Waals surface area contributed by atoms with Crippen LogP contribution in [0.25, 0.3) is 0 Å². The summed E-state index contributed by atoms with van der Waals surface area (Å²) in [6, 6.07) is 0.287. The van der Waals surface area contributed by atoms with Gasteiger partial charge in [0, 0.05) is 13.2 Å². The largest absolute Gasteiger partial charge is 0.351 e. The summed E-state index contributed by atoms with van der Waals surface area (Å²) in [7, 11) is 0. The van der Waals surface area contributed by atoms with Gasteiger partial charge in [0.1, 0.15) is 0 Å². The van der Waals surface area contributed by atoms with Gasteiger partial charge in [0.25, 0.3) is 0 Å². The summed E-state index contributed by atoms with van der Waals surface area (Å²) >= 11 is 0. The van der Waals surface area contributed by atoms with Gasteiger partial charge in [-0.2, -0.15) is 0 Å². The maximum Gasteiger partial charge on any atom is 0.172 e. The van der Waals surface area contributed by atoms with Crippen LogP contribution in [-0.4, -0.2) is 32.1 Å². The SMILES string of the molecule is C=CCCCC(NCCC)C(OCC)OCC. The van der Waals surface area contributed by atoms with E-state index in [1.54, 1.807) is 0 Å². The highest BCUT2D eigenvalue weighted by molar-refractivity contribution is 4.74. The van der Waals surface area contributed by atoms with Crippen molar-refractivity contribution in [1.82, 2.24) is 5.32 Å². The highest BCUT2D eigenvalue weighted by Gasteiger charge is 2.20. The van der Waals surface area contributed by atoms with Gasteiger partial charge in [0.05, 0.1) is 6.04 Å². The molecule has 0 saturated carbocycles. The Hall–Kier alpha value is -0.380. The Balaban J connectivity index is 4.19. The first kappa shape index (κ1) is 16.6. The predicted octanol–water partition coefficient (Wildman–Crippen LogP) is 3.11. The minimum Gasteiger partial charge on any atom is -0.351 e. The van der Waals surface area contributed by atoms with Crippen LogP contribution in [0.5, 0.6) is 0 Å². The average molecular weight is 243 g/mol. The van der Waals surface area contributed by atoms with Gasteiger partial charge in [0.2, 0.25) is 0 Å². The van der Waals surface area contributed by atoms with Crippen molar-refractivity contribution in [3.05, 3.63) is 12.7 Å². The number of nitrogens with one attached hydrogen (secondary N) is 1. The molecule has 0 saturated heterocycles. The first-order valence-electron chi connectivity index (χ1n) is 6.87. The molecule has 1 N–H and O–H groups in total. The number of hydrogen-bond donors (Lipinski definition) is 1. The molecule has 0 fully saturated rings. The molecule has 0 aliphatic rings.